The summed E-state index contributed by atoms with van der Waals surface area (Å²) in [6.45, 7) is 3.37. The second-order valence-electron chi connectivity index (χ2n) is 4.35. The zero-order chi connectivity index (χ0) is 13.5. The summed E-state index contributed by atoms with van der Waals surface area (Å²) in [5, 5.41) is 3.27. The summed E-state index contributed by atoms with van der Waals surface area (Å²) in [5.74, 6) is 0.411. The smallest absolute Gasteiger partial charge is 0.213 e. The molecule has 0 unspecified atom stereocenters. The predicted octanol–water partition coefficient (Wildman–Crippen LogP) is 2.78. The van der Waals surface area contributed by atoms with Crippen molar-refractivity contribution in [2.75, 3.05) is 6.54 Å². The van der Waals surface area contributed by atoms with Crippen LogP contribution in [-0.4, -0.2) is 17.6 Å². The lowest BCUT2D eigenvalue weighted by molar-refractivity contribution is 0.208. The van der Waals surface area contributed by atoms with Crippen molar-refractivity contribution in [1.29, 1.82) is 0 Å². The van der Waals surface area contributed by atoms with Crippen LogP contribution in [-0.2, 0) is 6.54 Å². The second-order valence-corrected chi connectivity index (χ2v) is 4.35. The molecule has 0 bridgehead atoms. The number of hydrogen-bond acceptors (Lipinski definition) is 3. The molecular weight excluding hydrogens is 243 g/mol. The zero-order valence-corrected chi connectivity index (χ0v) is 10.8. The Labute approximate surface area is 112 Å². The van der Waals surface area contributed by atoms with Crippen molar-refractivity contribution in [2.45, 2.75) is 19.6 Å². The van der Waals surface area contributed by atoms with Gasteiger partial charge < -0.3 is 10.1 Å². The van der Waals surface area contributed by atoms with Crippen LogP contribution in [0.15, 0.2) is 48.7 Å². The molecule has 0 aliphatic rings. The lowest BCUT2D eigenvalue weighted by atomic mass is 10.2. The molecule has 2 aromatic rings. The van der Waals surface area contributed by atoms with Crippen molar-refractivity contribution in [3.63, 3.8) is 0 Å². The molecule has 3 nitrogen and oxygen atoms in total. The van der Waals surface area contributed by atoms with Gasteiger partial charge in [-0.25, -0.2) is 9.37 Å². The minimum atomic E-state index is -0.212. The highest BCUT2D eigenvalue weighted by Crippen LogP contribution is 2.06. The number of ether oxygens (including phenoxy) is 1. The summed E-state index contributed by atoms with van der Waals surface area (Å²) in [6, 6.07) is 12.0. The summed E-state index contributed by atoms with van der Waals surface area (Å²) in [6.07, 6.45) is 1.73. The Kier molecular flexibility index (Phi) is 4.86. The van der Waals surface area contributed by atoms with Gasteiger partial charge in [-0.3, -0.25) is 0 Å². The minimum absolute atomic E-state index is 0.0235. The van der Waals surface area contributed by atoms with Crippen LogP contribution in [0.25, 0.3) is 0 Å². The lowest BCUT2D eigenvalue weighted by Crippen LogP contribution is -2.28. The van der Waals surface area contributed by atoms with Gasteiger partial charge in [0.2, 0.25) is 5.88 Å². The molecule has 0 aliphatic heterocycles. The van der Waals surface area contributed by atoms with E-state index in [4.69, 9.17) is 4.74 Å². The highest BCUT2D eigenvalue weighted by molar-refractivity contribution is 5.15. The van der Waals surface area contributed by atoms with E-state index >= 15 is 0 Å². The Morgan fingerprint density at radius 2 is 2.00 bits per heavy atom. The molecule has 0 saturated carbocycles. The fraction of sp³-hybridized carbons (Fsp3) is 0.267. The van der Waals surface area contributed by atoms with Crippen LogP contribution in [0.1, 0.15) is 12.5 Å². The predicted molar refractivity (Wildman–Crippen MR) is 72.4 cm³/mol. The van der Waals surface area contributed by atoms with E-state index in [1.807, 2.05) is 25.1 Å². The van der Waals surface area contributed by atoms with Crippen LogP contribution in [0.5, 0.6) is 5.88 Å². The molecule has 0 aliphatic carbocycles. The molecule has 0 amide bonds. The van der Waals surface area contributed by atoms with Crippen LogP contribution in [0, 0.1) is 5.82 Å². The standard InChI is InChI=1S/C15H17FN2O/c1-12(19-15-4-2-3-9-18-15)10-17-11-13-5-7-14(16)8-6-13/h2-9,12,17H,10-11H2,1H3/t12-/m0/s1. The average molecular weight is 260 g/mol. The largest absolute Gasteiger partial charge is 0.473 e. The number of halogens is 1. The first kappa shape index (κ1) is 13.5. The van der Waals surface area contributed by atoms with Gasteiger partial charge in [0.1, 0.15) is 11.9 Å². The van der Waals surface area contributed by atoms with Crippen molar-refractivity contribution in [1.82, 2.24) is 10.3 Å². The van der Waals surface area contributed by atoms with E-state index in [1.165, 1.54) is 12.1 Å². The molecule has 0 saturated heterocycles. The molecule has 0 spiro atoms. The Bertz CT molecular complexity index is 487. The van der Waals surface area contributed by atoms with Gasteiger partial charge in [0.15, 0.2) is 0 Å². The molecule has 2 rings (SSSR count). The van der Waals surface area contributed by atoms with Gasteiger partial charge in [0.05, 0.1) is 0 Å². The van der Waals surface area contributed by atoms with Crippen molar-refractivity contribution in [3.05, 3.63) is 60.0 Å². The van der Waals surface area contributed by atoms with Crippen molar-refractivity contribution >= 4 is 0 Å². The summed E-state index contributed by atoms with van der Waals surface area (Å²) in [7, 11) is 0. The van der Waals surface area contributed by atoms with Crippen LogP contribution in [0.2, 0.25) is 0 Å². The average Bonchev–Trinajstić information content (AvgIpc) is 2.42. The number of rotatable bonds is 6. The molecule has 100 valence electrons. The van der Waals surface area contributed by atoms with Crippen molar-refractivity contribution in [3.8, 4) is 5.88 Å². The maximum atomic E-state index is 12.7. The highest BCUT2D eigenvalue weighted by Gasteiger charge is 2.04. The summed E-state index contributed by atoms with van der Waals surface area (Å²) >= 11 is 0. The molecule has 19 heavy (non-hydrogen) atoms. The van der Waals surface area contributed by atoms with E-state index in [9.17, 15) is 4.39 Å². The quantitative estimate of drug-likeness (QED) is 0.867. The van der Waals surface area contributed by atoms with Crippen LogP contribution < -0.4 is 10.1 Å². The normalized spacial score (nSPS) is 12.1. The molecule has 1 N–H and O–H groups in total. The monoisotopic (exact) mass is 260 g/mol. The molecule has 0 radical (unpaired) electrons. The van der Waals surface area contributed by atoms with Gasteiger partial charge in [0, 0.05) is 25.4 Å². The van der Waals surface area contributed by atoms with E-state index in [0.29, 0.717) is 19.0 Å². The molecule has 1 aromatic carbocycles. The van der Waals surface area contributed by atoms with Crippen molar-refractivity contribution < 1.29 is 9.13 Å². The fourth-order valence-corrected chi connectivity index (χ4v) is 1.69. The molecule has 1 heterocycles. The maximum absolute atomic E-state index is 12.7. The van der Waals surface area contributed by atoms with Crippen molar-refractivity contribution in [2.24, 2.45) is 0 Å². The minimum Gasteiger partial charge on any atom is -0.473 e. The van der Waals surface area contributed by atoms with Gasteiger partial charge in [-0.05, 0) is 30.7 Å². The molecule has 1 atom stereocenters. The Balaban J connectivity index is 1.72. The summed E-state index contributed by atoms with van der Waals surface area (Å²) in [4.78, 5) is 4.10. The van der Waals surface area contributed by atoms with E-state index in [2.05, 4.69) is 10.3 Å². The van der Waals surface area contributed by atoms with Gasteiger partial charge in [0.25, 0.3) is 0 Å². The van der Waals surface area contributed by atoms with E-state index in [-0.39, 0.29) is 11.9 Å². The first-order valence-corrected chi connectivity index (χ1v) is 6.27. The summed E-state index contributed by atoms with van der Waals surface area (Å²) < 4.78 is 18.4. The third-order valence-corrected chi connectivity index (χ3v) is 2.63. The third kappa shape index (κ3) is 4.67. The number of hydrogen-bond donors (Lipinski definition) is 1. The fourth-order valence-electron chi connectivity index (χ4n) is 1.69. The van der Waals surface area contributed by atoms with E-state index in [1.54, 1.807) is 18.3 Å². The van der Waals surface area contributed by atoms with Gasteiger partial charge >= 0.3 is 0 Å². The summed E-state index contributed by atoms with van der Waals surface area (Å²) in [5.41, 5.74) is 1.05. The van der Waals surface area contributed by atoms with Gasteiger partial charge in [-0.15, -0.1) is 0 Å². The van der Waals surface area contributed by atoms with E-state index in [0.717, 1.165) is 5.56 Å². The van der Waals surface area contributed by atoms with Gasteiger partial charge in [-0.1, -0.05) is 18.2 Å². The first-order valence-electron chi connectivity index (χ1n) is 6.27. The second kappa shape index (κ2) is 6.85. The molecular formula is C15H17FN2O. The SMILES string of the molecule is C[C@@H](CNCc1ccc(F)cc1)Oc1ccccn1. The van der Waals surface area contributed by atoms with Crippen LogP contribution >= 0.6 is 0 Å². The van der Waals surface area contributed by atoms with Crippen LogP contribution in [0.4, 0.5) is 4.39 Å². The first-order chi connectivity index (χ1) is 9.24. The third-order valence-electron chi connectivity index (χ3n) is 2.63. The Hall–Kier alpha value is -1.94. The zero-order valence-electron chi connectivity index (χ0n) is 10.8. The maximum Gasteiger partial charge on any atom is 0.213 e. The number of nitrogens with zero attached hydrogens (tertiary/aromatic N) is 1. The molecule has 0 fully saturated rings. The number of pyridine rings is 1. The Morgan fingerprint density at radius 1 is 1.21 bits per heavy atom. The van der Waals surface area contributed by atoms with Crippen LogP contribution in [0.3, 0.4) is 0 Å². The molecule has 4 heteroatoms. The number of aromatic nitrogens is 1. The Morgan fingerprint density at radius 3 is 2.68 bits per heavy atom. The highest BCUT2D eigenvalue weighted by atomic mass is 19.1. The topological polar surface area (TPSA) is 34.1 Å². The lowest BCUT2D eigenvalue weighted by Gasteiger charge is -2.14. The van der Waals surface area contributed by atoms with E-state index < -0.39 is 0 Å². The van der Waals surface area contributed by atoms with Gasteiger partial charge in [-0.2, -0.15) is 0 Å². The number of benzene rings is 1. The molecule has 1 aromatic heterocycles. The number of nitrogens with one attached hydrogen (secondary N) is 1.